The maximum Gasteiger partial charge on any atom is 0.235 e. The molecule has 6 heteroatoms. The van der Waals surface area contributed by atoms with Crippen molar-refractivity contribution in [1.82, 2.24) is 0 Å². The van der Waals surface area contributed by atoms with Gasteiger partial charge in [0.15, 0.2) is 8.32 Å². The van der Waals surface area contributed by atoms with Crippen LogP contribution in [0.4, 0.5) is 5.69 Å². The molecule has 0 unspecified atom stereocenters. The summed E-state index contributed by atoms with van der Waals surface area (Å²) < 4.78 is 6.68. The van der Waals surface area contributed by atoms with Crippen molar-refractivity contribution in [1.29, 1.82) is 5.26 Å². The van der Waals surface area contributed by atoms with Crippen molar-refractivity contribution in [2.45, 2.75) is 71.8 Å². The zero-order valence-corrected chi connectivity index (χ0v) is 18.7. The lowest BCUT2D eigenvalue weighted by atomic mass is 9.87. The highest BCUT2D eigenvalue weighted by Crippen LogP contribution is 2.46. The van der Waals surface area contributed by atoms with Crippen LogP contribution in [-0.4, -0.2) is 26.4 Å². The quantitative estimate of drug-likeness (QED) is 0.650. The number of benzene rings is 1. The number of hydrogen-bond donors (Lipinski definition) is 0. The Morgan fingerprint density at radius 1 is 1.31 bits per heavy atom. The number of amides is 1. The molecule has 1 aromatic carbocycles. The number of rotatable bonds is 3. The molecule has 0 spiro atoms. The van der Waals surface area contributed by atoms with E-state index in [4.69, 9.17) is 21.3 Å². The maximum atomic E-state index is 13.2. The summed E-state index contributed by atoms with van der Waals surface area (Å²) in [6, 6.07) is 7.07. The first-order valence-electron chi connectivity index (χ1n) is 8.95. The first-order valence-corrected chi connectivity index (χ1v) is 12.2. The van der Waals surface area contributed by atoms with Crippen LogP contribution in [0.5, 0.6) is 0 Å². The summed E-state index contributed by atoms with van der Waals surface area (Å²) >= 11 is 6.19. The number of hydrogen-bond acceptors (Lipinski definition) is 3. The first-order chi connectivity index (χ1) is 11.7. The summed E-state index contributed by atoms with van der Waals surface area (Å²) in [4.78, 5) is 15.0. The topological polar surface area (TPSA) is 53.3 Å². The average molecular weight is 393 g/mol. The Kier molecular flexibility index (Phi) is 5.37. The first kappa shape index (κ1) is 21.0. The molecule has 142 valence electrons. The Labute approximate surface area is 163 Å². The van der Waals surface area contributed by atoms with E-state index in [9.17, 15) is 4.79 Å². The molecule has 1 heterocycles. The van der Waals surface area contributed by atoms with Gasteiger partial charge in [-0.3, -0.25) is 4.79 Å². The predicted octanol–water partition coefficient (Wildman–Crippen LogP) is 5.36. The van der Waals surface area contributed by atoms with Crippen LogP contribution in [0.15, 0.2) is 18.2 Å². The second-order valence-corrected chi connectivity index (χ2v) is 14.4. The Balaban J connectivity index is 2.43. The second kappa shape index (κ2) is 6.67. The molecule has 0 aliphatic carbocycles. The van der Waals surface area contributed by atoms with Crippen LogP contribution < -0.4 is 4.90 Å². The monoisotopic (exact) mass is 392 g/mol. The van der Waals surface area contributed by atoms with E-state index in [1.54, 1.807) is 23.1 Å². The molecule has 1 amide bonds. The Bertz CT molecular complexity index is 762. The van der Waals surface area contributed by atoms with E-state index in [-0.39, 0.29) is 23.1 Å². The molecule has 1 fully saturated rings. The third-order valence-electron chi connectivity index (χ3n) is 5.91. The Morgan fingerprint density at radius 3 is 2.35 bits per heavy atom. The fraction of sp³-hybridized carbons (Fsp3) is 0.600. The van der Waals surface area contributed by atoms with E-state index in [1.165, 1.54) is 0 Å². The third-order valence-corrected chi connectivity index (χ3v) is 10.7. The molecular weight excluding hydrogens is 364 g/mol. The Hall–Kier alpha value is -1.35. The summed E-state index contributed by atoms with van der Waals surface area (Å²) in [6.07, 6.45) is -0.203. The fourth-order valence-corrected chi connectivity index (χ4v) is 4.89. The highest BCUT2D eigenvalue weighted by Gasteiger charge is 2.55. The normalized spacial score (nSPS) is 23.2. The minimum absolute atomic E-state index is 0.0227. The van der Waals surface area contributed by atoms with Gasteiger partial charge in [0.25, 0.3) is 0 Å². The van der Waals surface area contributed by atoms with Crippen molar-refractivity contribution in [3.05, 3.63) is 28.8 Å². The smallest absolute Gasteiger partial charge is 0.235 e. The maximum absolute atomic E-state index is 13.2. The van der Waals surface area contributed by atoms with Crippen LogP contribution >= 0.6 is 11.6 Å². The standard InChI is InChI=1S/C20H29ClN2O2Si/c1-13-17(25-26(7,8)19(2,3)4)20(5,6)18(24)23(13)15-10-9-14(12-22)16(21)11-15/h9-11,13,17H,1-8H3/t13-,17+/m0/s1. The van der Waals surface area contributed by atoms with Gasteiger partial charge in [0.1, 0.15) is 6.07 Å². The Morgan fingerprint density at radius 2 is 1.88 bits per heavy atom. The summed E-state index contributed by atoms with van der Waals surface area (Å²) in [5.41, 5.74) is 0.485. The van der Waals surface area contributed by atoms with E-state index in [2.05, 4.69) is 39.9 Å². The van der Waals surface area contributed by atoms with Crippen molar-refractivity contribution in [3.8, 4) is 6.07 Å². The molecule has 1 aliphatic heterocycles. The van der Waals surface area contributed by atoms with E-state index >= 15 is 0 Å². The number of carbonyl (C=O) groups excluding carboxylic acids is 1. The highest BCUT2D eigenvalue weighted by atomic mass is 35.5. The molecule has 2 rings (SSSR count). The minimum Gasteiger partial charge on any atom is -0.411 e. The molecule has 1 saturated heterocycles. The van der Waals surface area contributed by atoms with Gasteiger partial charge >= 0.3 is 0 Å². The summed E-state index contributed by atoms with van der Waals surface area (Å²) in [5, 5.41) is 9.50. The lowest BCUT2D eigenvalue weighted by Gasteiger charge is -2.42. The van der Waals surface area contributed by atoms with E-state index < -0.39 is 13.7 Å². The van der Waals surface area contributed by atoms with Crippen molar-refractivity contribution < 1.29 is 9.22 Å². The molecule has 0 radical (unpaired) electrons. The van der Waals surface area contributed by atoms with Gasteiger partial charge in [0, 0.05) is 5.69 Å². The van der Waals surface area contributed by atoms with Crippen LogP contribution in [-0.2, 0) is 9.22 Å². The van der Waals surface area contributed by atoms with Gasteiger partial charge in [0.05, 0.1) is 28.1 Å². The van der Waals surface area contributed by atoms with Crippen LogP contribution in [0, 0.1) is 16.7 Å². The molecule has 0 saturated carbocycles. The fourth-order valence-electron chi connectivity index (χ4n) is 3.19. The third kappa shape index (κ3) is 3.43. The predicted molar refractivity (Wildman–Crippen MR) is 109 cm³/mol. The molecule has 1 aromatic rings. The molecule has 0 bridgehead atoms. The van der Waals surface area contributed by atoms with Crippen LogP contribution in [0.2, 0.25) is 23.2 Å². The minimum atomic E-state index is -2.03. The van der Waals surface area contributed by atoms with E-state index in [1.807, 2.05) is 20.8 Å². The average Bonchev–Trinajstić information content (AvgIpc) is 2.66. The van der Waals surface area contributed by atoms with Gasteiger partial charge < -0.3 is 9.33 Å². The van der Waals surface area contributed by atoms with Crippen LogP contribution in [0.3, 0.4) is 0 Å². The van der Waals surface area contributed by atoms with Gasteiger partial charge in [-0.25, -0.2) is 0 Å². The van der Waals surface area contributed by atoms with E-state index in [0.717, 1.165) is 0 Å². The summed E-state index contributed by atoms with van der Waals surface area (Å²) in [7, 11) is -2.03. The van der Waals surface area contributed by atoms with E-state index in [0.29, 0.717) is 16.3 Å². The van der Waals surface area contributed by atoms with Crippen LogP contribution in [0.1, 0.15) is 47.1 Å². The van der Waals surface area contributed by atoms with Crippen molar-refractivity contribution in [2.75, 3.05) is 4.90 Å². The number of nitrogens with zero attached hydrogens (tertiary/aromatic N) is 2. The molecule has 26 heavy (non-hydrogen) atoms. The van der Waals surface area contributed by atoms with Crippen LogP contribution in [0.25, 0.3) is 0 Å². The van der Waals surface area contributed by atoms with Crippen molar-refractivity contribution in [3.63, 3.8) is 0 Å². The number of nitriles is 1. The van der Waals surface area contributed by atoms with Gasteiger partial charge in [-0.1, -0.05) is 32.4 Å². The van der Waals surface area contributed by atoms with Crippen molar-refractivity contribution >= 4 is 31.5 Å². The summed E-state index contributed by atoms with van der Waals surface area (Å²) in [6.45, 7) is 17.0. The summed E-state index contributed by atoms with van der Waals surface area (Å²) in [5.74, 6) is 0.0227. The second-order valence-electron chi connectivity index (χ2n) is 9.21. The molecular formula is C20H29ClN2O2Si. The van der Waals surface area contributed by atoms with Gasteiger partial charge in [0.2, 0.25) is 5.91 Å². The number of halogens is 1. The van der Waals surface area contributed by atoms with Gasteiger partial charge in [-0.05, 0) is 57.1 Å². The lowest BCUT2D eigenvalue weighted by molar-refractivity contribution is -0.126. The lowest BCUT2D eigenvalue weighted by Crippen LogP contribution is -2.49. The largest absolute Gasteiger partial charge is 0.411 e. The SMILES string of the molecule is C[C@H]1[C@@H](O[Si](C)(C)C(C)(C)C)C(C)(C)C(=O)N1c1ccc(C#N)c(Cl)c1. The molecule has 1 aliphatic rings. The molecule has 0 N–H and O–H groups in total. The molecule has 0 aromatic heterocycles. The molecule has 4 nitrogen and oxygen atoms in total. The number of carbonyl (C=O) groups is 1. The van der Waals surface area contributed by atoms with Crippen molar-refractivity contribution in [2.24, 2.45) is 5.41 Å². The number of anilines is 1. The van der Waals surface area contributed by atoms with Gasteiger partial charge in [-0.2, -0.15) is 5.26 Å². The highest BCUT2D eigenvalue weighted by molar-refractivity contribution is 6.74. The molecule has 2 atom stereocenters. The zero-order chi connectivity index (χ0) is 20.1. The van der Waals surface area contributed by atoms with Gasteiger partial charge in [-0.15, -0.1) is 0 Å². The zero-order valence-electron chi connectivity index (χ0n) is 17.0.